The van der Waals surface area contributed by atoms with Crippen LogP contribution in [0.1, 0.15) is 24.2 Å². The molecule has 0 aliphatic carbocycles. The highest BCUT2D eigenvalue weighted by Crippen LogP contribution is 2.25. The SMILES string of the molecule is Cc1nccc(-c2cnc(N3CCCC3)c(C)c2)n1. The molecule has 19 heavy (non-hydrogen) atoms. The minimum absolute atomic E-state index is 0.791. The van der Waals surface area contributed by atoms with Crippen LogP contribution in [0.5, 0.6) is 0 Å². The Labute approximate surface area is 113 Å². The lowest BCUT2D eigenvalue weighted by atomic mass is 10.1. The highest BCUT2D eigenvalue weighted by molar-refractivity contribution is 5.62. The van der Waals surface area contributed by atoms with Crippen molar-refractivity contribution in [1.29, 1.82) is 0 Å². The zero-order chi connectivity index (χ0) is 13.2. The van der Waals surface area contributed by atoms with Crippen LogP contribution in [0.2, 0.25) is 0 Å². The van der Waals surface area contributed by atoms with Crippen molar-refractivity contribution in [2.24, 2.45) is 0 Å². The zero-order valence-corrected chi connectivity index (χ0v) is 11.4. The van der Waals surface area contributed by atoms with Crippen molar-refractivity contribution in [1.82, 2.24) is 15.0 Å². The fourth-order valence-corrected chi connectivity index (χ4v) is 2.58. The molecule has 0 unspecified atom stereocenters. The first kappa shape index (κ1) is 12.1. The normalized spacial score (nSPS) is 14.9. The molecule has 0 saturated carbocycles. The Morgan fingerprint density at radius 3 is 2.58 bits per heavy atom. The summed E-state index contributed by atoms with van der Waals surface area (Å²) in [6.45, 7) is 6.28. The summed E-state index contributed by atoms with van der Waals surface area (Å²) >= 11 is 0. The summed E-state index contributed by atoms with van der Waals surface area (Å²) < 4.78 is 0. The van der Waals surface area contributed by atoms with E-state index in [1.165, 1.54) is 18.4 Å². The van der Waals surface area contributed by atoms with Crippen LogP contribution in [0.15, 0.2) is 24.5 Å². The molecular weight excluding hydrogens is 236 g/mol. The molecule has 1 saturated heterocycles. The molecule has 98 valence electrons. The van der Waals surface area contributed by atoms with Crippen molar-refractivity contribution in [2.75, 3.05) is 18.0 Å². The van der Waals surface area contributed by atoms with Crippen molar-refractivity contribution >= 4 is 5.82 Å². The van der Waals surface area contributed by atoms with Crippen molar-refractivity contribution in [3.05, 3.63) is 35.9 Å². The molecule has 0 spiro atoms. The number of aryl methyl sites for hydroxylation is 2. The predicted molar refractivity (Wildman–Crippen MR) is 76.2 cm³/mol. The molecule has 3 rings (SSSR count). The quantitative estimate of drug-likeness (QED) is 0.826. The lowest BCUT2D eigenvalue weighted by Crippen LogP contribution is -2.20. The van der Waals surface area contributed by atoms with Gasteiger partial charge >= 0.3 is 0 Å². The second-order valence-corrected chi connectivity index (χ2v) is 5.05. The van der Waals surface area contributed by atoms with E-state index < -0.39 is 0 Å². The summed E-state index contributed by atoms with van der Waals surface area (Å²) in [6.07, 6.45) is 6.26. The van der Waals surface area contributed by atoms with E-state index in [1.807, 2.05) is 19.2 Å². The van der Waals surface area contributed by atoms with Gasteiger partial charge in [0.1, 0.15) is 11.6 Å². The molecule has 4 nitrogen and oxygen atoms in total. The van der Waals surface area contributed by atoms with Gasteiger partial charge in [0.05, 0.1) is 5.69 Å². The predicted octanol–water partition coefficient (Wildman–Crippen LogP) is 2.76. The van der Waals surface area contributed by atoms with Gasteiger partial charge in [-0.25, -0.2) is 15.0 Å². The second-order valence-electron chi connectivity index (χ2n) is 5.05. The first-order valence-corrected chi connectivity index (χ1v) is 6.75. The van der Waals surface area contributed by atoms with E-state index in [9.17, 15) is 0 Å². The number of rotatable bonds is 2. The van der Waals surface area contributed by atoms with E-state index in [2.05, 4.69) is 32.8 Å². The summed E-state index contributed by atoms with van der Waals surface area (Å²) in [7, 11) is 0. The molecule has 0 bridgehead atoms. The van der Waals surface area contributed by atoms with Gasteiger partial charge in [-0.1, -0.05) is 0 Å². The average Bonchev–Trinajstić information content (AvgIpc) is 2.92. The number of anilines is 1. The molecule has 2 aromatic heterocycles. The molecule has 0 atom stereocenters. The molecule has 1 fully saturated rings. The summed E-state index contributed by atoms with van der Waals surface area (Å²) in [5, 5.41) is 0. The van der Waals surface area contributed by atoms with E-state index >= 15 is 0 Å². The summed E-state index contributed by atoms with van der Waals surface area (Å²) in [5.74, 6) is 1.91. The van der Waals surface area contributed by atoms with Gasteiger partial charge in [-0.3, -0.25) is 0 Å². The molecular formula is C15H18N4. The third-order valence-corrected chi connectivity index (χ3v) is 3.53. The molecule has 3 heterocycles. The minimum atomic E-state index is 0.791. The minimum Gasteiger partial charge on any atom is -0.356 e. The second kappa shape index (κ2) is 4.96. The number of aromatic nitrogens is 3. The van der Waals surface area contributed by atoms with Crippen molar-refractivity contribution in [3.63, 3.8) is 0 Å². The molecule has 0 radical (unpaired) electrons. The van der Waals surface area contributed by atoms with Gasteiger partial charge in [0.15, 0.2) is 0 Å². The number of hydrogen-bond donors (Lipinski definition) is 0. The molecule has 0 amide bonds. The van der Waals surface area contributed by atoms with Crippen molar-refractivity contribution in [2.45, 2.75) is 26.7 Å². The largest absolute Gasteiger partial charge is 0.356 e. The fraction of sp³-hybridized carbons (Fsp3) is 0.400. The third-order valence-electron chi connectivity index (χ3n) is 3.53. The van der Waals surface area contributed by atoms with Crippen molar-refractivity contribution in [3.8, 4) is 11.3 Å². The van der Waals surface area contributed by atoms with Crippen LogP contribution in [0, 0.1) is 13.8 Å². The van der Waals surface area contributed by atoms with Gasteiger partial charge in [-0.2, -0.15) is 0 Å². The van der Waals surface area contributed by atoms with Crippen LogP contribution in [0.4, 0.5) is 5.82 Å². The molecule has 1 aliphatic rings. The zero-order valence-electron chi connectivity index (χ0n) is 11.4. The van der Waals surface area contributed by atoms with Crippen LogP contribution in [-0.4, -0.2) is 28.0 Å². The highest BCUT2D eigenvalue weighted by atomic mass is 15.2. The number of nitrogens with zero attached hydrogens (tertiary/aromatic N) is 4. The number of pyridine rings is 1. The monoisotopic (exact) mass is 254 g/mol. The Morgan fingerprint density at radius 2 is 1.89 bits per heavy atom. The molecule has 0 N–H and O–H groups in total. The van der Waals surface area contributed by atoms with Crippen LogP contribution >= 0.6 is 0 Å². The Balaban J connectivity index is 1.94. The molecule has 4 heteroatoms. The molecule has 1 aliphatic heterocycles. The fourth-order valence-electron chi connectivity index (χ4n) is 2.58. The Bertz CT molecular complexity index is 588. The maximum Gasteiger partial charge on any atom is 0.131 e. The van der Waals surface area contributed by atoms with E-state index in [0.717, 1.165) is 36.0 Å². The van der Waals surface area contributed by atoms with Gasteiger partial charge in [0.25, 0.3) is 0 Å². The number of hydrogen-bond acceptors (Lipinski definition) is 4. The third kappa shape index (κ3) is 2.43. The van der Waals surface area contributed by atoms with Crippen LogP contribution in [0.25, 0.3) is 11.3 Å². The van der Waals surface area contributed by atoms with Gasteiger partial charge in [0.2, 0.25) is 0 Å². The van der Waals surface area contributed by atoms with E-state index in [4.69, 9.17) is 0 Å². The topological polar surface area (TPSA) is 41.9 Å². The van der Waals surface area contributed by atoms with Crippen LogP contribution in [-0.2, 0) is 0 Å². The van der Waals surface area contributed by atoms with Gasteiger partial charge in [0, 0.05) is 31.0 Å². The smallest absolute Gasteiger partial charge is 0.131 e. The first-order chi connectivity index (χ1) is 9.24. The van der Waals surface area contributed by atoms with Crippen LogP contribution < -0.4 is 4.90 Å². The standard InChI is InChI=1S/C15H18N4/c1-11-9-13(14-5-6-16-12(2)18-14)10-17-15(11)19-7-3-4-8-19/h5-6,9-10H,3-4,7-8H2,1-2H3. The van der Waals surface area contributed by atoms with Gasteiger partial charge < -0.3 is 4.90 Å². The lowest BCUT2D eigenvalue weighted by Gasteiger charge is -2.19. The molecule has 0 aromatic carbocycles. The van der Waals surface area contributed by atoms with E-state index in [-0.39, 0.29) is 0 Å². The maximum absolute atomic E-state index is 4.63. The van der Waals surface area contributed by atoms with Gasteiger partial charge in [-0.05, 0) is 44.4 Å². The first-order valence-electron chi connectivity index (χ1n) is 6.75. The van der Waals surface area contributed by atoms with E-state index in [1.54, 1.807) is 6.20 Å². The van der Waals surface area contributed by atoms with Crippen molar-refractivity contribution < 1.29 is 0 Å². The summed E-state index contributed by atoms with van der Waals surface area (Å²) in [5.41, 5.74) is 3.22. The maximum atomic E-state index is 4.63. The summed E-state index contributed by atoms with van der Waals surface area (Å²) in [4.78, 5) is 15.6. The Hall–Kier alpha value is -1.97. The Morgan fingerprint density at radius 1 is 1.11 bits per heavy atom. The summed E-state index contributed by atoms with van der Waals surface area (Å²) in [6, 6.07) is 4.10. The Kier molecular flexibility index (Phi) is 3.15. The van der Waals surface area contributed by atoms with E-state index in [0.29, 0.717) is 0 Å². The average molecular weight is 254 g/mol. The van der Waals surface area contributed by atoms with Gasteiger partial charge in [-0.15, -0.1) is 0 Å². The van der Waals surface area contributed by atoms with Crippen LogP contribution in [0.3, 0.4) is 0 Å². The lowest BCUT2D eigenvalue weighted by molar-refractivity contribution is 0.928. The molecule has 2 aromatic rings. The highest BCUT2D eigenvalue weighted by Gasteiger charge is 2.16.